The van der Waals surface area contributed by atoms with Gasteiger partial charge in [0.2, 0.25) is 0 Å². The monoisotopic (exact) mass is 797 g/mol. The molecule has 0 amide bonds. The zero-order valence-corrected chi connectivity index (χ0v) is 33.8. The number of hydrogen-bond donors (Lipinski definition) is 0. The van der Waals surface area contributed by atoms with E-state index in [2.05, 4.69) is 121 Å². The van der Waals surface area contributed by atoms with Crippen LogP contribution in [-0.4, -0.2) is 20.2 Å². The predicted octanol–water partition coefficient (Wildman–Crippen LogP) is 12.2. The van der Waals surface area contributed by atoms with Crippen LogP contribution in [-0.2, 0) is 13.2 Å². The third-order valence-electron chi connectivity index (χ3n) is 11.1. The molecule has 0 saturated heterocycles. The third-order valence-corrected chi connectivity index (χ3v) is 11.1. The number of benzene rings is 9. The van der Waals surface area contributed by atoms with Crippen molar-refractivity contribution in [2.45, 2.75) is 13.2 Å². The Bertz CT molecular complexity index is 2790. The molecule has 298 valence electrons. The van der Waals surface area contributed by atoms with Crippen LogP contribution in [0.1, 0.15) is 21.5 Å². The fourth-order valence-corrected chi connectivity index (χ4v) is 7.90. The van der Waals surface area contributed by atoms with Crippen LogP contribution in [0.5, 0.6) is 23.0 Å². The van der Waals surface area contributed by atoms with E-state index in [1.807, 2.05) is 48.5 Å². The molecule has 0 fully saturated rings. The van der Waals surface area contributed by atoms with Crippen molar-refractivity contribution in [3.05, 3.63) is 205 Å². The van der Waals surface area contributed by atoms with Crippen LogP contribution in [0.4, 0.5) is 0 Å². The highest BCUT2D eigenvalue weighted by atomic mass is 16.5. The van der Waals surface area contributed by atoms with E-state index in [1.165, 1.54) is 22.9 Å². The van der Waals surface area contributed by atoms with Gasteiger partial charge in [-0.05, 0) is 114 Å². The van der Waals surface area contributed by atoms with Crippen molar-refractivity contribution in [3.8, 4) is 67.5 Å². The molecule has 0 aliphatic heterocycles. The molecule has 0 saturated carbocycles. The Hall–Kier alpha value is -7.83. The topological polar surface area (TPSA) is 77.0 Å². The maximum Gasteiger partial charge on any atom is 0.124 e. The minimum atomic E-state index is -1.31. The molecule has 0 atom stereocenters. The standard InChI is InChI=1S/C55H42O6/c1-58-43-23-19-40(20-24-43)49-29-27-47(51-7-3-5-9-53(49)51)38-15-11-36(12-16-38)34-60-45-31-42(55(56)57)32-46(33-45)61-35-37-13-17-39(18-14-37)48-28-30-50(54-10-6-4-8-52(48)54)41-21-25-44(59-2)26-22-41/h3-33H,34-35H2,1-2H3,(H,56,57)/p-1. The quantitative estimate of drug-likeness (QED) is 0.116. The molecule has 0 heterocycles. The van der Waals surface area contributed by atoms with Gasteiger partial charge in [-0.15, -0.1) is 0 Å². The van der Waals surface area contributed by atoms with Gasteiger partial charge in [-0.1, -0.05) is 146 Å². The summed E-state index contributed by atoms with van der Waals surface area (Å²) in [6, 6.07) is 62.9. The average molecular weight is 798 g/mol. The van der Waals surface area contributed by atoms with Crippen LogP contribution < -0.4 is 24.1 Å². The van der Waals surface area contributed by atoms with Crippen molar-refractivity contribution in [3.63, 3.8) is 0 Å². The first kappa shape index (κ1) is 38.7. The number of methoxy groups -OCH3 is 2. The van der Waals surface area contributed by atoms with Gasteiger partial charge in [0.15, 0.2) is 0 Å². The molecular weight excluding hydrogens is 757 g/mol. The van der Waals surface area contributed by atoms with Crippen LogP contribution in [0.15, 0.2) is 188 Å². The van der Waals surface area contributed by atoms with Crippen molar-refractivity contribution in [2.24, 2.45) is 0 Å². The molecule has 0 spiro atoms. The van der Waals surface area contributed by atoms with Gasteiger partial charge in [0.1, 0.15) is 36.2 Å². The number of ether oxygens (including phenoxy) is 4. The Morgan fingerprint density at radius 3 is 1.00 bits per heavy atom. The molecule has 0 aliphatic carbocycles. The Balaban J connectivity index is 0.878. The van der Waals surface area contributed by atoms with E-state index < -0.39 is 5.97 Å². The van der Waals surface area contributed by atoms with Crippen LogP contribution >= 0.6 is 0 Å². The number of carbonyl (C=O) groups excluding carboxylic acids is 1. The van der Waals surface area contributed by atoms with Crippen LogP contribution in [0, 0.1) is 0 Å². The van der Waals surface area contributed by atoms with Crippen molar-refractivity contribution < 1.29 is 28.8 Å². The molecule has 0 aliphatic rings. The normalized spacial score (nSPS) is 11.0. The van der Waals surface area contributed by atoms with Crippen molar-refractivity contribution in [1.82, 2.24) is 0 Å². The number of carboxylic acids is 1. The summed E-state index contributed by atoms with van der Waals surface area (Å²) in [7, 11) is 3.34. The first-order valence-corrected chi connectivity index (χ1v) is 20.1. The second-order valence-electron chi connectivity index (χ2n) is 14.8. The molecule has 9 aromatic carbocycles. The van der Waals surface area contributed by atoms with Crippen LogP contribution in [0.2, 0.25) is 0 Å². The molecule has 0 aromatic heterocycles. The SMILES string of the molecule is COc1ccc(-c2ccc(-c3ccc(COc4cc(OCc5ccc(-c6ccc(-c7ccc(OC)cc7)c7ccccc67)cc5)cc(C(=O)[O-])c4)cc3)c3ccccc23)cc1. The van der Waals surface area contributed by atoms with E-state index in [9.17, 15) is 9.90 Å². The van der Waals surface area contributed by atoms with Gasteiger partial charge in [-0.25, -0.2) is 0 Å². The average Bonchev–Trinajstić information content (AvgIpc) is 3.32. The summed E-state index contributed by atoms with van der Waals surface area (Å²) in [5.74, 6) is 1.10. The minimum absolute atomic E-state index is 0.0203. The second-order valence-corrected chi connectivity index (χ2v) is 14.8. The fourth-order valence-electron chi connectivity index (χ4n) is 7.90. The molecule has 0 N–H and O–H groups in total. The van der Waals surface area contributed by atoms with Crippen molar-refractivity contribution in [2.75, 3.05) is 14.2 Å². The minimum Gasteiger partial charge on any atom is -0.545 e. The smallest absolute Gasteiger partial charge is 0.124 e. The largest absolute Gasteiger partial charge is 0.545 e. The maximum atomic E-state index is 12.0. The molecule has 0 unspecified atom stereocenters. The van der Waals surface area contributed by atoms with Crippen LogP contribution in [0.3, 0.4) is 0 Å². The molecule has 9 aromatic rings. The Labute approximate surface area is 354 Å². The highest BCUT2D eigenvalue weighted by molar-refractivity contribution is 6.06. The Kier molecular flexibility index (Phi) is 10.9. The summed E-state index contributed by atoms with van der Waals surface area (Å²) in [5, 5.41) is 16.7. The lowest BCUT2D eigenvalue weighted by molar-refractivity contribution is -0.255. The zero-order valence-electron chi connectivity index (χ0n) is 33.8. The summed E-state index contributed by atoms with van der Waals surface area (Å²) in [4.78, 5) is 12.0. The molecular formula is C55H41O6-. The Morgan fingerprint density at radius 1 is 0.393 bits per heavy atom. The van der Waals surface area contributed by atoms with Crippen LogP contribution in [0.25, 0.3) is 66.1 Å². The van der Waals surface area contributed by atoms with Gasteiger partial charge in [-0.3, -0.25) is 0 Å². The summed E-state index contributed by atoms with van der Waals surface area (Å²) >= 11 is 0. The lowest BCUT2D eigenvalue weighted by Crippen LogP contribution is -2.22. The number of fused-ring (bicyclic) bond motifs is 2. The van der Waals surface area contributed by atoms with Gasteiger partial charge in [0, 0.05) is 11.6 Å². The summed E-state index contributed by atoms with van der Waals surface area (Å²) < 4.78 is 23.0. The van der Waals surface area contributed by atoms with Crippen molar-refractivity contribution in [1.29, 1.82) is 0 Å². The lowest BCUT2D eigenvalue weighted by atomic mass is 9.92. The van der Waals surface area contributed by atoms with Gasteiger partial charge < -0.3 is 28.8 Å². The lowest BCUT2D eigenvalue weighted by Gasteiger charge is -2.15. The fraction of sp³-hybridized carbons (Fsp3) is 0.0727. The van der Waals surface area contributed by atoms with E-state index in [0.717, 1.165) is 77.9 Å². The van der Waals surface area contributed by atoms with Gasteiger partial charge in [-0.2, -0.15) is 0 Å². The van der Waals surface area contributed by atoms with E-state index >= 15 is 0 Å². The number of carboxylic acid groups (broad SMARTS) is 1. The second kappa shape index (κ2) is 17.2. The molecule has 0 radical (unpaired) electrons. The number of carbonyl (C=O) groups is 1. The number of aromatic carboxylic acids is 1. The molecule has 6 heteroatoms. The summed E-state index contributed by atoms with van der Waals surface area (Å²) in [5.41, 5.74) is 10.8. The highest BCUT2D eigenvalue weighted by Crippen LogP contribution is 2.38. The maximum absolute atomic E-state index is 12.0. The molecule has 61 heavy (non-hydrogen) atoms. The zero-order chi connectivity index (χ0) is 41.7. The summed E-state index contributed by atoms with van der Waals surface area (Å²) in [6.45, 7) is 0.481. The van der Waals surface area contributed by atoms with E-state index in [0.29, 0.717) is 11.5 Å². The first-order valence-electron chi connectivity index (χ1n) is 20.1. The summed E-state index contributed by atoms with van der Waals surface area (Å²) in [6.07, 6.45) is 0. The first-order chi connectivity index (χ1) is 29.9. The number of hydrogen-bond acceptors (Lipinski definition) is 6. The van der Waals surface area contributed by atoms with Gasteiger partial charge >= 0.3 is 0 Å². The highest BCUT2D eigenvalue weighted by Gasteiger charge is 2.13. The molecule has 0 bridgehead atoms. The van der Waals surface area contributed by atoms with Gasteiger partial charge in [0.05, 0.1) is 20.2 Å². The number of rotatable bonds is 13. The predicted molar refractivity (Wildman–Crippen MR) is 242 cm³/mol. The molecule has 6 nitrogen and oxygen atoms in total. The van der Waals surface area contributed by atoms with E-state index in [1.54, 1.807) is 20.3 Å². The van der Waals surface area contributed by atoms with Gasteiger partial charge in [0.25, 0.3) is 0 Å². The van der Waals surface area contributed by atoms with E-state index in [-0.39, 0.29) is 18.8 Å². The van der Waals surface area contributed by atoms with Crippen molar-refractivity contribution >= 4 is 27.5 Å². The van der Waals surface area contributed by atoms with E-state index in [4.69, 9.17) is 18.9 Å². The molecule has 9 rings (SSSR count). The third kappa shape index (κ3) is 8.25. The Morgan fingerprint density at radius 2 is 0.705 bits per heavy atom.